The number of amides is 1. The number of benzene rings is 1. The van der Waals surface area contributed by atoms with Gasteiger partial charge in [0.15, 0.2) is 0 Å². The Morgan fingerprint density at radius 2 is 2.17 bits per heavy atom. The van der Waals surface area contributed by atoms with Gasteiger partial charge in [0.2, 0.25) is 11.3 Å². The summed E-state index contributed by atoms with van der Waals surface area (Å²) in [6.45, 7) is 0.636. The van der Waals surface area contributed by atoms with E-state index in [0.29, 0.717) is 17.4 Å². The van der Waals surface area contributed by atoms with Crippen LogP contribution in [0.4, 0.5) is 0 Å². The summed E-state index contributed by atoms with van der Waals surface area (Å²) in [5.74, 6) is -0.116. The molecule has 1 saturated carbocycles. The summed E-state index contributed by atoms with van der Waals surface area (Å²) in [4.78, 5) is 24.1. The Morgan fingerprint density at radius 1 is 1.33 bits per heavy atom. The first-order chi connectivity index (χ1) is 11.7. The zero-order valence-corrected chi connectivity index (χ0v) is 13.5. The number of hydrogen-bond donors (Lipinski definition) is 1. The molecule has 6 heteroatoms. The van der Waals surface area contributed by atoms with Gasteiger partial charge in [-0.3, -0.25) is 14.3 Å². The third-order valence-corrected chi connectivity index (χ3v) is 5.19. The molecule has 2 aliphatic rings. The molecule has 2 aromatic rings. The smallest absolute Gasteiger partial charge is 0.241 e. The van der Waals surface area contributed by atoms with Crippen LogP contribution in [0.25, 0.3) is 10.9 Å². The van der Waals surface area contributed by atoms with Crippen LogP contribution in [0.3, 0.4) is 0 Å². The van der Waals surface area contributed by atoms with Gasteiger partial charge in [0.05, 0.1) is 23.4 Å². The molecule has 1 spiro atoms. The van der Waals surface area contributed by atoms with Crippen molar-refractivity contribution >= 4 is 16.8 Å². The fourth-order valence-electron chi connectivity index (χ4n) is 3.68. The van der Waals surface area contributed by atoms with Crippen LogP contribution in [0.15, 0.2) is 35.3 Å². The number of nitrogens with zero attached hydrogens (tertiary/aromatic N) is 2. The first-order valence-electron chi connectivity index (χ1n) is 8.55. The molecule has 1 atom stereocenters. The summed E-state index contributed by atoms with van der Waals surface area (Å²) in [6.07, 6.45) is 7.07. The second-order valence-corrected chi connectivity index (χ2v) is 6.80. The molecule has 6 nitrogen and oxygen atoms in total. The van der Waals surface area contributed by atoms with Crippen LogP contribution < -0.4 is 10.7 Å². The fourth-order valence-corrected chi connectivity index (χ4v) is 3.68. The van der Waals surface area contributed by atoms with Gasteiger partial charge in [0, 0.05) is 11.9 Å². The van der Waals surface area contributed by atoms with Crippen LogP contribution in [0, 0.1) is 0 Å². The molecule has 0 bridgehead atoms. The van der Waals surface area contributed by atoms with E-state index in [0.717, 1.165) is 25.7 Å². The lowest BCUT2D eigenvalue weighted by atomic mass is 9.78. The minimum absolute atomic E-state index is 0.0959. The van der Waals surface area contributed by atoms with Gasteiger partial charge in [-0.05, 0) is 44.2 Å². The molecular weight excluding hydrogens is 306 g/mol. The molecule has 1 aromatic carbocycles. The van der Waals surface area contributed by atoms with Gasteiger partial charge in [-0.15, -0.1) is 0 Å². The number of ether oxygens (including phenoxy) is 1. The SMILES string of the molecule is O=C(Cn1ncc(=O)c2ccccc21)NCC1CCC2(CCC2)O1. The van der Waals surface area contributed by atoms with E-state index in [1.54, 1.807) is 16.8 Å². The molecule has 4 rings (SSSR count). The van der Waals surface area contributed by atoms with Crippen LogP contribution in [-0.4, -0.2) is 33.9 Å². The van der Waals surface area contributed by atoms with Crippen LogP contribution >= 0.6 is 0 Å². The highest BCUT2D eigenvalue weighted by Gasteiger charge is 2.44. The van der Waals surface area contributed by atoms with E-state index in [-0.39, 0.29) is 29.6 Å². The third-order valence-electron chi connectivity index (χ3n) is 5.19. The van der Waals surface area contributed by atoms with Crippen LogP contribution in [0.5, 0.6) is 0 Å². The summed E-state index contributed by atoms with van der Waals surface area (Å²) in [5, 5.41) is 7.59. The lowest BCUT2D eigenvalue weighted by Gasteiger charge is -2.38. The maximum Gasteiger partial charge on any atom is 0.241 e. The van der Waals surface area contributed by atoms with Crippen molar-refractivity contribution in [3.05, 3.63) is 40.7 Å². The Labute approximate surface area is 139 Å². The first-order valence-corrected chi connectivity index (χ1v) is 8.55. The zero-order chi connectivity index (χ0) is 16.6. The van der Waals surface area contributed by atoms with Gasteiger partial charge < -0.3 is 10.1 Å². The molecule has 1 aliphatic carbocycles. The number of carbonyl (C=O) groups is 1. The molecule has 1 saturated heterocycles. The molecule has 1 amide bonds. The number of hydrogen-bond acceptors (Lipinski definition) is 4. The van der Waals surface area contributed by atoms with Crippen LogP contribution in [0.1, 0.15) is 32.1 Å². The lowest BCUT2D eigenvalue weighted by molar-refractivity contribution is -0.124. The average Bonchev–Trinajstić information content (AvgIpc) is 3.01. The quantitative estimate of drug-likeness (QED) is 0.926. The van der Waals surface area contributed by atoms with E-state index in [4.69, 9.17) is 4.74 Å². The van der Waals surface area contributed by atoms with E-state index >= 15 is 0 Å². The normalized spacial score (nSPS) is 21.8. The molecule has 1 aromatic heterocycles. The molecule has 1 unspecified atom stereocenters. The Morgan fingerprint density at radius 3 is 2.92 bits per heavy atom. The fraction of sp³-hybridized carbons (Fsp3) is 0.500. The maximum atomic E-state index is 12.2. The Hall–Kier alpha value is -2.21. The minimum atomic E-state index is -0.132. The molecule has 1 aliphatic heterocycles. The standard InChI is InChI=1S/C18H21N3O3/c22-16-11-20-21(15-5-2-1-4-14(15)16)12-17(23)19-10-13-6-9-18(24-13)7-3-8-18/h1-2,4-5,11,13H,3,6-10,12H2,(H,19,23). The van der Waals surface area contributed by atoms with E-state index in [1.807, 2.05) is 12.1 Å². The Bertz CT molecular complexity index is 826. The van der Waals surface area contributed by atoms with Crippen molar-refractivity contribution in [1.82, 2.24) is 15.1 Å². The molecular formula is C18H21N3O3. The van der Waals surface area contributed by atoms with Crippen molar-refractivity contribution in [3.8, 4) is 0 Å². The lowest BCUT2D eigenvalue weighted by Crippen LogP contribution is -2.40. The summed E-state index contributed by atoms with van der Waals surface area (Å²) < 4.78 is 7.66. The van der Waals surface area contributed by atoms with Crippen molar-refractivity contribution in [2.45, 2.75) is 50.4 Å². The summed E-state index contributed by atoms with van der Waals surface area (Å²) in [6, 6.07) is 7.19. The average molecular weight is 327 g/mol. The molecule has 0 radical (unpaired) electrons. The number of nitrogens with one attached hydrogen (secondary N) is 1. The summed E-state index contributed by atoms with van der Waals surface area (Å²) in [7, 11) is 0. The van der Waals surface area contributed by atoms with Gasteiger partial charge in [-0.25, -0.2) is 0 Å². The Balaban J connectivity index is 1.38. The number of fused-ring (bicyclic) bond motifs is 1. The van der Waals surface area contributed by atoms with Crippen LogP contribution in [-0.2, 0) is 16.1 Å². The molecule has 1 N–H and O–H groups in total. The predicted octanol–water partition coefficient (Wildman–Crippen LogP) is 1.61. The topological polar surface area (TPSA) is 73.2 Å². The summed E-state index contributed by atoms with van der Waals surface area (Å²) >= 11 is 0. The maximum absolute atomic E-state index is 12.2. The zero-order valence-electron chi connectivity index (χ0n) is 13.5. The van der Waals surface area contributed by atoms with E-state index < -0.39 is 0 Å². The van der Waals surface area contributed by atoms with E-state index in [2.05, 4.69) is 10.4 Å². The Kier molecular flexibility index (Phi) is 3.84. The molecule has 2 heterocycles. The van der Waals surface area contributed by atoms with Gasteiger partial charge in [-0.2, -0.15) is 5.10 Å². The number of rotatable bonds is 4. The highest BCUT2D eigenvalue weighted by Crippen LogP contribution is 2.45. The molecule has 24 heavy (non-hydrogen) atoms. The van der Waals surface area contributed by atoms with E-state index in [1.165, 1.54) is 12.6 Å². The van der Waals surface area contributed by atoms with Crippen LogP contribution in [0.2, 0.25) is 0 Å². The highest BCUT2D eigenvalue weighted by molar-refractivity contribution is 5.81. The molecule has 126 valence electrons. The van der Waals surface area contributed by atoms with Crippen molar-refractivity contribution < 1.29 is 9.53 Å². The van der Waals surface area contributed by atoms with Gasteiger partial charge in [0.25, 0.3) is 0 Å². The number of aromatic nitrogens is 2. The number of carbonyl (C=O) groups excluding carboxylic acids is 1. The minimum Gasteiger partial charge on any atom is -0.370 e. The van der Waals surface area contributed by atoms with E-state index in [9.17, 15) is 9.59 Å². The second kappa shape index (κ2) is 6.02. The largest absolute Gasteiger partial charge is 0.370 e. The van der Waals surface area contributed by atoms with Gasteiger partial charge in [0.1, 0.15) is 6.54 Å². The highest BCUT2D eigenvalue weighted by atomic mass is 16.5. The van der Waals surface area contributed by atoms with Crippen molar-refractivity contribution in [1.29, 1.82) is 0 Å². The summed E-state index contributed by atoms with van der Waals surface area (Å²) in [5.41, 5.74) is 0.657. The second-order valence-electron chi connectivity index (χ2n) is 6.80. The third kappa shape index (κ3) is 2.82. The molecule has 2 fully saturated rings. The van der Waals surface area contributed by atoms with Crippen molar-refractivity contribution in [2.24, 2.45) is 0 Å². The first kappa shape index (κ1) is 15.3. The van der Waals surface area contributed by atoms with Gasteiger partial charge >= 0.3 is 0 Å². The number of para-hydroxylation sites is 1. The van der Waals surface area contributed by atoms with Crippen molar-refractivity contribution in [3.63, 3.8) is 0 Å². The van der Waals surface area contributed by atoms with Crippen molar-refractivity contribution in [2.75, 3.05) is 6.54 Å². The predicted molar refractivity (Wildman–Crippen MR) is 89.7 cm³/mol. The van der Waals surface area contributed by atoms with Gasteiger partial charge in [-0.1, -0.05) is 12.1 Å². The monoisotopic (exact) mass is 327 g/mol.